The molecule has 58 valence electrons. The lowest BCUT2D eigenvalue weighted by Crippen LogP contribution is -1.93. The van der Waals surface area contributed by atoms with Gasteiger partial charge in [0.25, 0.3) is 0 Å². The summed E-state index contributed by atoms with van der Waals surface area (Å²) in [6.07, 6.45) is 3.13. The van der Waals surface area contributed by atoms with Crippen molar-refractivity contribution in [2.45, 2.75) is 0 Å². The number of hydrogen-bond donors (Lipinski definition) is 3. The Morgan fingerprint density at radius 1 is 1.20 bits per heavy atom. The van der Waals surface area contributed by atoms with Crippen molar-refractivity contribution in [3.8, 4) is 0 Å². The second kappa shape index (κ2) is 4.54. The van der Waals surface area contributed by atoms with Crippen LogP contribution in [0.15, 0.2) is 18.5 Å². The van der Waals surface area contributed by atoms with Gasteiger partial charge in [-0.3, -0.25) is 4.98 Å². The van der Waals surface area contributed by atoms with Crippen LogP contribution in [0.25, 0.3) is 0 Å². The van der Waals surface area contributed by atoms with E-state index in [0.717, 1.165) is 0 Å². The molecule has 0 fully saturated rings. The number of nitrogens with zero attached hydrogens (tertiary/aromatic N) is 1. The molecule has 0 aromatic carbocycles. The topological polar surface area (TPSA) is 131 Å². The van der Waals surface area contributed by atoms with Crippen LogP contribution in [0.1, 0.15) is 0 Å². The number of hydrogen-bond acceptors (Lipinski definition) is 4. The molecule has 0 radical (unpaired) electrons. The average Bonchev–Trinajstić information content (AvgIpc) is 1.77. The Morgan fingerprint density at radius 3 is 2.10 bits per heavy atom. The molecule has 0 aliphatic rings. The highest BCUT2D eigenvalue weighted by molar-refractivity contribution is 5.60. The summed E-state index contributed by atoms with van der Waals surface area (Å²) in [5.41, 5.74) is 11.8. The van der Waals surface area contributed by atoms with Crippen molar-refractivity contribution >= 4 is 11.4 Å². The highest BCUT2D eigenvalue weighted by atomic mass is 16.0. The molecule has 5 heteroatoms. The highest BCUT2D eigenvalue weighted by Crippen LogP contribution is 2.08. The Bertz CT molecular complexity index is 170. The summed E-state index contributed by atoms with van der Waals surface area (Å²) >= 11 is 0. The Morgan fingerprint density at radius 2 is 1.80 bits per heavy atom. The minimum absolute atomic E-state index is 0. The molecule has 0 aliphatic heterocycles. The van der Waals surface area contributed by atoms with Gasteiger partial charge in [-0.05, 0) is 6.07 Å². The molecular weight excluding hydrogens is 132 g/mol. The third-order valence-electron chi connectivity index (χ3n) is 0.887. The van der Waals surface area contributed by atoms with Gasteiger partial charge in [0.05, 0.1) is 17.6 Å². The van der Waals surface area contributed by atoms with Crippen LogP contribution in [0, 0.1) is 0 Å². The monoisotopic (exact) mass is 144 g/mol. The second-order valence-corrected chi connectivity index (χ2v) is 1.50. The van der Waals surface area contributed by atoms with Gasteiger partial charge in [-0.2, -0.15) is 0 Å². The van der Waals surface area contributed by atoms with Crippen LogP contribution in [0.4, 0.5) is 11.4 Å². The molecule has 0 spiro atoms. The number of anilines is 2. The van der Waals surface area contributed by atoms with E-state index in [1.807, 2.05) is 0 Å². The Labute approximate surface area is 58.9 Å². The summed E-state index contributed by atoms with van der Waals surface area (Å²) in [5.74, 6) is 0. The fourth-order valence-electron chi connectivity index (χ4n) is 0.417. The number of pyridine rings is 1. The predicted molar refractivity (Wildman–Crippen MR) is 41.7 cm³/mol. The lowest BCUT2D eigenvalue weighted by Gasteiger charge is -1.93. The van der Waals surface area contributed by atoms with Gasteiger partial charge in [-0.1, -0.05) is 0 Å². The van der Waals surface area contributed by atoms with Crippen LogP contribution in [-0.2, 0) is 0 Å². The molecule has 0 aliphatic carbocycles. The van der Waals surface area contributed by atoms with Crippen molar-refractivity contribution in [1.82, 2.24) is 11.1 Å². The summed E-state index contributed by atoms with van der Waals surface area (Å²) in [6.45, 7) is 0. The van der Waals surface area contributed by atoms with Crippen molar-refractivity contribution in [3.63, 3.8) is 0 Å². The van der Waals surface area contributed by atoms with E-state index >= 15 is 0 Å². The maximum atomic E-state index is 5.35. The molecule has 1 aromatic heterocycles. The summed E-state index contributed by atoms with van der Waals surface area (Å²) in [6, 6.07) is 1.66. The number of nitrogens with two attached hydrogens (primary N) is 2. The molecule has 0 bridgehead atoms. The molecule has 0 saturated heterocycles. The number of rotatable bonds is 0. The minimum Gasteiger partial charge on any atom is -0.412 e. The molecule has 1 heterocycles. The molecule has 0 saturated carbocycles. The Hall–Kier alpha value is -1.33. The summed E-state index contributed by atoms with van der Waals surface area (Å²) in [5, 5.41) is 0. The van der Waals surface area contributed by atoms with Crippen LogP contribution >= 0.6 is 0 Å². The lowest BCUT2D eigenvalue weighted by molar-refractivity contribution is 0.824. The Kier molecular flexibility index (Phi) is 5.20. The van der Waals surface area contributed by atoms with Gasteiger partial charge in [0.15, 0.2) is 0 Å². The first-order chi connectivity index (χ1) is 3.80. The number of nitrogen functional groups attached to an aromatic ring is 2. The van der Waals surface area contributed by atoms with E-state index in [1.54, 1.807) is 12.3 Å². The van der Waals surface area contributed by atoms with Crippen LogP contribution in [-0.4, -0.2) is 10.5 Å². The zero-order valence-corrected chi connectivity index (χ0v) is 5.54. The quantitative estimate of drug-likeness (QED) is 0.456. The van der Waals surface area contributed by atoms with Crippen molar-refractivity contribution in [2.75, 3.05) is 11.5 Å². The van der Waals surface area contributed by atoms with Crippen LogP contribution in [0.3, 0.4) is 0 Å². The molecule has 0 amide bonds. The summed E-state index contributed by atoms with van der Waals surface area (Å²) in [7, 11) is 0. The highest BCUT2D eigenvalue weighted by Gasteiger charge is 1.86. The largest absolute Gasteiger partial charge is 0.412 e. The van der Waals surface area contributed by atoms with E-state index in [9.17, 15) is 0 Å². The average molecular weight is 144 g/mol. The zero-order chi connectivity index (χ0) is 5.98. The molecule has 9 N–H and O–H groups in total. The van der Waals surface area contributed by atoms with E-state index in [1.165, 1.54) is 6.20 Å². The first kappa shape index (κ1) is 11.5. The number of aromatic nitrogens is 1. The smallest absolute Gasteiger partial charge is 0.0734 e. The third-order valence-corrected chi connectivity index (χ3v) is 0.887. The first-order valence-electron chi connectivity index (χ1n) is 2.25. The van der Waals surface area contributed by atoms with Crippen molar-refractivity contribution in [1.29, 1.82) is 0 Å². The van der Waals surface area contributed by atoms with Crippen molar-refractivity contribution in [3.05, 3.63) is 18.5 Å². The van der Waals surface area contributed by atoms with Gasteiger partial charge < -0.3 is 23.1 Å². The maximum absolute atomic E-state index is 5.35. The fourth-order valence-corrected chi connectivity index (χ4v) is 0.417. The Balaban J connectivity index is 0. The van der Waals surface area contributed by atoms with E-state index < -0.39 is 0 Å². The van der Waals surface area contributed by atoms with E-state index in [4.69, 9.17) is 11.5 Å². The molecule has 5 nitrogen and oxygen atoms in total. The lowest BCUT2D eigenvalue weighted by atomic mass is 10.4. The van der Waals surface area contributed by atoms with Gasteiger partial charge in [0.2, 0.25) is 0 Å². The molecule has 1 aromatic rings. The predicted octanol–water partition coefficient (Wildman–Crippen LogP) is -0.417. The van der Waals surface area contributed by atoms with E-state index in [0.29, 0.717) is 11.4 Å². The molecule has 0 unspecified atom stereocenters. The van der Waals surface area contributed by atoms with E-state index in [2.05, 4.69) is 4.98 Å². The van der Waals surface area contributed by atoms with Crippen LogP contribution in [0.5, 0.6) is 0 Å². The first-order valence-corrected chi connectivity index (χ1v) is 2.25. The summed E-state index contributed by atoms with van der Waals surface area (Å²) < 4.78 is 0. The second-order valence-electron chi connectivity index (χ2n) is 1.50. The zero-order valence-electron chi connectivity index (χ0n) is 5.54. The van der Waals surface area contributed by atoms with Gasteiger partial charge >= 0.3 is 0 Å². The minimum atomic E-state index is 0. The maximum Gasteiger partial charge on any atom is 0.0734 e. The summed E-state index contributed by atoms with van der Waals surface area (Å²) in [4.78, 5) is 3.74. The SMILES string of the molecule is N.Nc1ccncc1N.O. The van der Waals surface area contributed by atoms with Gasteiger partial charge in [0.1, 0.15) is 0 Å². The van der Waals surface area contributed by atoms with Crippen molar-refractivity contribution < 1.29 is 5.48 Å². The van der Waals surface area contributed by atoms with Crippen molar-refractivity contribution in [2.24, 2.45) is 0 Å². The molecule has 0 atom stereocenters. The van der Waals surface area contributed by atoms with E-state index in [-0.39, 0.29) is 11.6 Å². The third kappa shape index (κ3) is 2.29. The molecule has 10 heavy (non-hydrogen) atoms. The van der Waals surface area contributed by atoms with Gasteiger partial charge in [-0.15, -0.1) is 0 Å². The van der Waals surface area contributed by atoms with Gasteiger partial charge in [-0.25, -0.2) is 0 Å². The molecule has 1 rings (SSSR count). The van der Waals surface area contributed by atoms with Crippen LogP contribution < -0.4 is 17.6 Å². The fraction of sp³-hybridized carbons (Fsp3) is 0. The molecular formula is C5H12N4O. The van der Waals surface area contributed by atoms with Gasteiger partial charge in [0, 0.05) is 6.20 Å². The van der Waals surface area contributed by atoms with Crippen LogP contribution in [0.2, 0.25) is 0 Å². The standard InChI is InChI=1S/C5H7N3.H3N.H2O/c6-4-1-2-8-3-5(4)7;;/h1-3H,7H2,(H2,6,8);1H3;1H2. The normalized spacial score (nSPS) is 7.20.